The van der Waals surface area contributed by atoms with Crippen molar-refractivity contribution in [3.63, 3.8) is 0 Å². The molecule has 0 saturated heterocycles. The molecule has 0 radical (unpaired) electrons. The van der Waals surface area contributed by atoms with Gasteiger partial charge in [0.1, 0.15) is 5.75 Å². The monoisotopic (exact) mass is 251 g/mol. The summed E-state index contributed by atoms with van der Waals surface area (Å²) in [5.74, 6) is 3.35. The summed E-state index contributed by atoms with van der Waals surface area (Å²) in [6.45, 7) is 1.80. The molecule has 1 aromatic carbocycles. The maximum absolute atomic E-state index is 6.04. The van der Waals surface area contributed by atoms with Crippen LogP contribution in [0.4, 0.5) is 0 Å². The number of hydrogen-bond donors (Lipinski definition) is 1. The Kier molecular flexibility index (Phi) is 6.54. The number of rotatable bonds is 7. The summed E-state index contributed by atoms with van der Waals surface area (Å²) in [5.41, 5.74) is 1.16. The van der Waals surface area contributed by atoms with Crippen LogP contribution in [0.1, 0.15) is 24.8 Å². The van der Waals surface area contributed by atoms with Crippen LogP contribution in [0.3, 0.4) is 0 Å². The molecule has 0 aliphatic rings. The summed E-state index contributed by atoms with van der Waals surface area (Å²) >= 11 is 6.04. The first-order chi connectivity index (χ1) is 8.27. The third kappa shape index (κ3) is 5.12. The van der Waals surface area contributed by atoms with Crippen LogP contribution >= 0.6 is 11.6 Å². The summed E-state index contributed by atoms with van der Waals surface area (Å²) in [4.78, 5) is 0. The van der Waals surface area contributed by atoms with Gasteiger partial charge in [-0.2, -0.15) is 0 Å². The first kappa shape index (κ1) is 13.9. The SMILES string of the molecule is C#CCCCCNCc1ccc(OC)c(Cl)c1. The third-order valence-electron chi connectivity index (χ3n) is 2.47. The number of methoxy groups -OCH3 is 1. The Morgan fingerprint density at radius 1 is 1.41 bits per heavy atom. The molecule has 1 N–H and O–H groups in total. The van der Waals surface area contributed by atoms with Crippen LogP contribution in [-0.4, -0.2) is 13.7 Å². The van der Waals surface area contributed by atoms with Crippen LogP contribution in [0.2, 0.25) is 5.02 Å². The van der Waals surface area contributed by atoms with Crippen molar-refractivity contribution in [1.82, 2.24) is 5.32 Å². The molecule has 1 aromatic rings. The van der Waals surface area contributed by atoms with E-state index in [1.807, 2.05) is 18.2 Å². The van der Waals surface area contributed by atoms with Crippen molar-refractivity contribution in [2.24, 2.45) is 0 Å². The number of unbranched alkanes of at least 4 members (excludes halogenated alkanes) is 2. The van der Waals surface area contributed by atoms with Crippen molar-refractivity contribution in [3.05, 3.63) is 28.8 Å². The van der Waals surface area contributed by atoms with E-state index in [4.69, 9.17) is 22.8 Å². The number of hydrogen-bond acceptors (Lipinski definition) is 2. The van der Waals surface area contributed by atoms with Gasteiger partial charge < -0.3 is 10.1 Å². The molecule has 0 aliphatic carbocycles. The van der Waals surface area contributed by atoms with E-state index in [0.29, 0.717) is 10.8 Å². The van der Waals surface area contributed by atoms with Gasteiger partial charge in [0.15, 0.2) is 0 Å². The van der Waals surface area contributed by atoms with Crippen molar-refractivity contribution >= 4 is 11.6 Å². The van der Waals surface area contributed by atoms with Crippen molar-refractivity contribution < 1.29 is 4.74 Å². The van der Waals surface area contributed by atoms with E-state index in [9.17, 15) is 0 Å². The lowest BCUT2D eigenvalue weighted by Gasteiger charge is -2.07. The van der Waals surface area contributed by atoms with Crippen LogP contribution in [0, 0.1) is 12.3 Å². The standard InChI is InChI=1S/C14H18ClNO/c1-3-4-5-6-9-16-11-12-7-8-14(17-2)13(15)10-12/h1,7-8,10,16H,4-6,9,11H2,2H3. The molecule has 0 aliphatic heterocycles. The minimum Gasteiger partial charge on any atom is -0.495 e. The summed E-state index contributed by atoms with van der Waals surface area (Å²) in [7, 11) is 1.62. The first-order valence-electron chi connectivity index (χ1n) is 5.74. The highest BCUT2D eigenvalue weighted by atomic mass is 35.5. The zero-order chi connectivity index (χ0) is 12.5. The van der Waals surface area contributed by atoms with Crippen molar-refractivity contribution in [2.45, 2.75) is 25.8 Å². The molecule has 0 bridgehead atoms. The summed E-state index contributed by atoms with van der Waals surface area (Å²) in [6.07, 6.45) is 8.22. The predicted octanol–water partition coefficient (Wildman–Crippen LogP) is 3.24. The maximum Gasteiger partial charge on any atom is 0.137 e. The average Bonchev–Trinajstić information content (AvgIpc) is 2.34. The van der Waals surface area contributed by atoms with Crippen molar-refractivity contribution in [3.8, 4) is 18.1 Å². The number of halogens is 1. The normalized spacial score (nSPS) is 9.94. The number of ether oxygens (including phenoxy) is 1. The van der Waals surface area contributed by atoms with Gasteiger partial charge >= 0.3 is 0 Å². The van der Waals surface area contributed by atoms with Gasteiger partial charge in [0.2, 0.25) is 0 Å². The Morgan fingerprint density at radius 3 is 2.88 bits per heavy atom. The number of benzene rings is 1. The minimum absolute atomic E-state index is 0.652. The molecule has 0 saturated carbocycles. The first-order valence-corrected chi connectivity index (χ1v) is 6.12. The van der Waals surface area contributed by atoms with Crippen LogP contribution in [0.15, 0.2) is 18.2 Å². The van der Waals surface area contributed by atoms with Gasteiger partial charge in [-0.3, -0.25) is 0 Å². The Bertz CT molecular complexity index is 384. The molecule has 0 heterocycles. The Labute approximate surface area is 108 Å². The lowest BCUT2D eigenvalue weighted by Crippen LogP contribution is -2.14. The second-order valence-electron chi connectivity index (χ2n) is 3.81. The molecule has 0 spiro atoms. The minimum atomic E-state index is 0.652. The number of terminal acetylenes is 1. The van der Waals surface area contributed by atoms with Crippen LogP contribution < -0.4 is 10.1 Å². The molecule has 1 rings (SSSR count). The highest BCUT2D eigenvalue weighted by molar-refractivity contribution is 6.32. The molecule has 0 aromatic heterocycles. The van der Waals surface area contributed by atoms with Gasteiger partial charge in [-0.15, -0.1) is 12.3 Å². The molecular formula is C14H18ClNO. The van der Waals surface area contributed by atoms with Crippen molar-refractivity contribution in [2.75, 3.05) is 13.7 Å². The van der Waals surface area contributed by atoms with Crippen LogP contribution in [0.5, 0.6) is 5.75 Å². The fourth-order valence-electron chi connectivity index (χ4n) is 1.53. The van der Waals surface area contributed by atoms with Gasteiger partial charge in [-0.05, 0) is 37.1 Å². The Balaban J connectivity index is 2.28. The highest BCUT2D eigenvalue weighted by Crippen LogP contribution is 2.24. The van der Waals surface area contributed by atoms with Gasteiger partial charge in [-0.25, -0.2) is 0 Å². The fourth-order valence-corrected chi connectivity index (χ4v) is 1.81. The van der Waals surface area contributed by atoms with E-state index in [2.05, 4.69) is 11.2 Å². The molecule has 2 nitrogen and oxygen atoms in total. The van der Waals surface area contributed by atoms with Gasteiger partial charge in [-0.1, -0.05) is 17.7 Å². The topological polar surface area (TPSA) is 21.3 Å². The largest absolute Gasteiger partial charge is 0.495 e. The van der Waals surface area contributed by atoms with Crippen LogP contribution in [-0.2, 0) is 6.54 Å². The van der Waals surface area contributed by atoms with Gasteiger partial charge in [0, 0.05) is 13.0 Å². The summed E-state index contributed by atoms with van der Waals surface area (Å²) in [5, 5.41) is 4.01. The molecule has 0 unspecified atom stereocenters. The lowest BCUT2D eigenvalue weighted by molar-refractivity contribution is 0.415. The van der Waals surface area contributed by atoms with Crippen molar-refractivity contribution in [1.29, 1.82) is 0 Å². The predicted molar refractivity (Wildman–Crippen MR) is 72.4 cm³/mol. The smallest absolute Gasteiger partial charge is 0.137 e. The van der Waals surface area contributed by atoms with E-state index in [-0.39, 0.29) is 0 Å². The Morgan fingerprint density at radius 2 is 2.24 bits per heavy atom. The zero-order valence-corrected chi connectivity index (χ0v) is 10.9. The molecule has 17 heavy (non-hydrogen) atoms. The molecule has 92 valence electrons. The van der Waals surface area contributed by atoms with E-state index in [0.717, 1.165) is 37.9 Å². The van der Waals surface area contributed by atoms with Gasteiger partial charge in [0.25, 0.3) is 0 Å². The molecule has 0 amide bonds. The summed E-state index contributed by atoms with van der Waals surface area (Å²) in [6, 6.07) is 5.83. The Hall–Kier alpha value is -1.17. The second kappa shape index (κ2) is 8.00. The zero-order valence-electron chi connectivity index (χ0n) is 10.1. The van der Waals surface area contributed by atoms with E-state index in [1.165, 1.54) is 0 Å². The summed E-state index contributed by atoms with van der Waals surface area (Å²) < 4.78 is 5.10. The number of nitrogens with one attached hydrogen (secondary N) is 1. The average molecular weight is 252 g/mol. The third-order valence-corrected chi connectivity index (χ3v) is 2.77. The fraction of sp³-hybridized carbons (Fsp3) is 0.429. The van der Waals surface area contributed by atoms with E-state index < -0.39 is 0 Å². The van der Waals surface area contributed by atoms with E-state index >= 15 is 0 Å². The maximum atomic E-state index is 6.04. The molecular weight excluding hydrogens is 234 g/mol. The molecule has 0 fully saturated rings. The quantitative estimate of drug-likeness (QED) is 0.593. The van der Waals surface area contributed by atoms with Gasteiger partial charge in [0.05, 0.1) is 12.1 Å². The van der Waals surface area contributed by atoms with Crippen LogP contribution in [0.25, 0.3) is 0 Å². The highest BCUT2D eigenvalue weighted by Gasteiger charge is 2.01. The molecule has 0 atom stereocenters. The lowest BCUT2D eigenvalue weighted by atomic mass is 10.2. The van der Waals surface area contributed by atoms with E-state index in [1.54, 1.807) is 7.11 Å². The second-order valence-corrected chi connectivity index (χ2v) is 4.21. The molecule has 3 heteroatoms.